The number of hydrogen-bond acceptors (Lipinski definition) is 3. The van der Waals surface area contributed by atoms with Gasteiger partial charge in [0.25, 0.3) is 0 Å². The van der Waals surface area contributed by atoms with Gasteiger partial charge >= 0.3 is 0 Å². The Morgan fingerprint density at radius 1 is 1.19 bits per heavy atom. The molecule has 0 amide bonds. The lowest BCUT2D eigenvalue weighted by molar-refractivity contribution is 0.765. The number of benzene rings is 1. The van der Waals surface area contributed by atoms with E-state index in [1.165, 1.54) is 0 Å². The molecule has 0 aliphatic rings. The Morgan fingerprint density at radius 2 is 1.75 bits per heavy atom. The molecule has 0 unspecified atom stereocenters. The molecule has 3 heteroatoms. The molecule has 0 aromatic heterocycles. The van der Waals surface area contributed by atoms with Crippen LogP contribution < -0.4 is 4.90 Å². The predicted octanol–water partition coefficient (Wildman–Crippen LogP) is 2.67. The smallest absolute Gasteiger partial charge is 0.101 e. The van der Waals surface area contributed by atoms with Crippen LogP contribution >= 0.6 is 0 Å². The molecule has 0 heterocycles. The van der Waals surface area contributed by atoms with Gasteiger partial charge in [0.2, 0.25) is 0 Å². The fraction of sp³-hybridized carbons (Fsp3) is 0.385. The molecule has 0 aliphatic heterocycles. The Balaban J connectivity index is 3.10. The predicted molar refractivity (Wildman–Crippen MR) is 64.1 cm³/mol. The van der Waals surface area contributed by atoms with Crippen LogP contribution in [-0.2, 0) is 0 Å². The summed E-state index contributed by atoms with van der Waals surface area (Å²) in [6.45, 7) is 2.99. The molecule has 0 atom stereocenters. The maximum atomic E-state index is 9.03. The van der Waals surface area contributed by atoms with Crippen LogP contribution in [0.5, 0.6) is 0 Å². The summed E-state index contributed by atoms with van der Waals surface area (Å²) in [6.07, 6.45) is 2.15. The van der Waals surface area contributed by atoms with Gasteiger partial charge in [-0.05, 0) is 18.6 Å². The fourth-order valence-corrected chi connectivity index (χ4v) is 1.64. The number of para-hydroxylation sites is 1. The molecule has 0 bridgehead atoms. The van der Waals surface area contributed by atoms with E-state index in [1.807, 2.05) is 11.9 Å². The van der Waals surface area contributed by atoms with Gasteiger partial charge in [0.05, 0.1) is 16.8 Å². The highest BCUT2D eigenvalue weighted by molar-refractivity contribution is 5.67. The summed E-state index contributed by atoms with van der Waals surface area (Å²) in [4.78, 5) is 1.99. The zero-order valence-electron chi connectivity index (χ0n) is 9.70. The van der Waals surface area contributed by atoms with Crippen molar-refractivity contribution < 1.29 is 0 Å². The molecule has 1 aromatic rings. The molecule has 1 rings (SSSR count). The van der Waals surface area contributed by atoms with Crippen molar-refractivity contribution in [3.8, 4) is 12.1 Å². The van der Waals surface area contributed by atoms with E-state index in [9.17, 15) is 0 Å². The zero-order valence-corrected chi connectivity index (χ0v) is 9.70. The van der Waals surface area contributed by atoms with Crippen LogP contribution in [0.1, 0.15) is 30.9 Å². The van der Waals surface area contributed by atoms with Crippen molar-refractivity contribution in [1.82, 2.24) is 0 Å². The third-order valence-electron chi connectivity index (χ3n) is 2.51. The second-order valence-electron chi connectivity index (χ2n) is 3.70. The van der Waals surface area contributed by atoms with Gasteiger partial charge in [-0.3, -0.25) is 0 Å². The van der Waals surface area contributed by atoms with E-state index in [0.717, 1.165) is 25.1 Å². The van der Waals surface area contributed by atoms with Crippen LogP contribution in [-0.4, -0.2) is 13.6 Å². The van der Waals surface area contributed by atoms with Crippen LogP contribution in [0.3, 0.4) is 0 Å². The molecule has 0 spiro atoms. The number of nitriles is 2. The van der Waals surface area contributed by atoms with E-state index in [4.69, 9.17) is 10.5 Å². The monoisotopic (exact) mass is 213 g/mol. The third kappa shape index (κ3) is 2.52. The molecule has 0 aliphatic carbocycles. The van der Waals surface area contributed by atoms with Crippen molar-refractivity contribution in [3.63, 3.8) is 0 Å². The molecular weight excluding hydrogens is 198 g/mol. The first-order valence-corrected chi connectivity index (χ1v) is 5.39. The van der Waals surface area contributed by atoms with Crippen LogP contribution in [0, 0.1) is 22.7 Å². The largest absolute Gasteiger partial charge is 0.372 e. The van der Waals surface area contributed by atoms with Crippen LogP contribution in [0.4, 0.5) is 5.69 Å². The zero-order chi connectivity index (χ0) is 12.0. The first-order valence-electron chi connectivity index (χ1n) is 5.39. The van der Waals surface area contributed by atoms with E-state index in [2.05, 4.69) is 19.1 Å². The molecule has 0 saturated carbocycles. The van der Waals surface area contributed by atoms with Gasteiger partial charge in [0.1, 0.15) is 12.1 Å². The highest BCUT2D eigenvalue weighted by Gasteiger charge is 2.11. The minimum absolute atomic E-state index is 0.567. The number of unbranched alkanes of at least 4 members (excludes halogenated alkanes) is 1. The number of hydrogen-bond donors (Lipinski definition) is 0. The SMILES string of the molecule is CCCCN(C)c1c(C#N)cccc1C#N. The highest BCUT2D eigenvalue weighted by atomic mass is 15.1. The Bertz CT molecular complexity index is 405. The van der Waals surface area contributed by atoms with Gasteiger partial charge in [0, 0.05) is 13.6 Å². The van der Waals surface area contributed by atoms with Crippen molar-refractivity contribution in [3.05, 3.63) is 29.3 Å². The normalized spacial score (nSPS) is 9.25. The second-order valence-corrected chi connectivity index (χ2v) is 3.70. The maximum Gasteiger partial charge on any atom is 0.101 e. The average Bonchev–Trinajstić information content (AvgIpc) is 2.34. The van der Waals surface area contributed by atoms with Crippen molar-refractivity contribution in [2.75, 3.05) is 18.5 Å². The van der Waals surface area contributed by atoms with Crippen molar-refractivity contribution >= 4 is 5.69 Å². The van der Waals surface area contributed by atoms with Gasteiger partial charge in [-0.1, -0.05) is 19.4 Å². The van der Waals surface area contributed by atoms with Gasteiger partial charge in [-0.2, -0.15) is 10.5 Å². The van der Waals surface area contributed by atoms with Crippen LogP contribution in [0.2, 0.25) is 0 Å². The summed E-state index contributed by atoms with van der Waals surface area (Å²) in [5, 5.41) is 18.1. The van der Waals surface area contributed by atoms with E-state index in [-0.39, 0.29) is 0 Å². The standard InChI is InChI=1S/C13H15N3/c1-3-4-8-16(2)13-11(9-14)6-5-7-12(13)10-15/h5-7H,3-4,8H2,1-2H3. The second kappa shape index (κ2) is 5.78. The first kappa shape index (κ1) is 12.1. The quantitative estimate of drug-likeness (QED) is 0.772. The lowest BCUT2D eigenvalue weighted by Gasteiger charge is -2.21. The minimum Gasteiger partial charge on any atom is -0.372 e. The summed E-state index contributed by atoms with van der Waals surface area (Å²) >= 11 is 0. The Kier molecular flexibility index (Phi) is 4.36. The lowest BCUT2D eigenvalue weighted by Crippen LogP contribution is -2.20. The van der Waals surface area contributed by atoms with E-state index in [1.54, 1.807) is 18.2 Å². The maximum absolute atomic E-state index is 9.03. The number of anilines is 1. The molecule has 0 fully saturated rings. The minimum atomic E-state index is 0.567. The first-order chi connectivity index (χ1) is 7.74. The molecule has 0 radical (unpaired) electrons. The summed E-state index contributed by atoms with van der Waals surface area (Å²) < 4.78 is 0. The fourth-order valence-electron chi connectivity index (χ4n) is 1.64. The number of nitrogens with zero attached hydrogens (tertiary/aromatic N) is 3. The molecule has 3 nitrogen and oxygen atoms in total. The van der Waals surface area contributed by atoms with Crippen molar-refractivity contribution in [2.45, 2.75) is 19.8 Å². The molecule has 0 N–H and O–H groups in total. The van der Waals surface area contributed by atoms with E-state index < -0.39 is 0 Å². The molecule has 0 saturated heterocycles. The molecule has 1 aromatic carbocycles. The van der Waals surface area contributed by atoms with Gasteiger partial charge in [-0.25, -0.2) is 0 Å². The van der Waals surface area contributed by atoms with Crippen molar-refractivity contribution in [1.29, 1.82) is 10.5 Å². The summed E-state index contributed by atoms with van der Waals surface area (Å²) in [7, 11) is 1.92. The highest BCUT2D eigenvalue weighted by Crippen LogP contribution is 2.23. The molecule has 16 heavy (non-hydrogen) atoms. The molecule has 82 valence electrons. The van der Waals surface area contributed by atoms with Crippen LogP contribution in [0.15, 0.2) is 18.2 Å². The third-order valence-corrected chi connectivity index (χ3v) is 2.51. The average molecular weight is 213 g/mol. The van der Waals surface area contributed by atoms with E-state index in [0.29, 0.717) is 11.1 Å². The van der Waals surface area contributed by atoms with Gasteiger partial charge in [-0.15, -0.1) is 0 Å². The summed E-state index contributed by atoms with van der Waals surface area (Å²) in [5.41, 5.74) is 1.89. The number of rotatable bonds is 4. The Labute approximate surface area is 96.5 Å². The summed E-state index contributed by atoms with van der Waals surface area (Å²) in [5.74, 6) is 0. The van der Waals surface area contributed by atoms with E-state index >= 15 is 0 Å². The molecular formula is C13H15N3. The van der Waals surface area contributed by atoms with Crippen molar-refractivity contribution in [2.24, 2.45) is 0 Å². The summed E-state index contributed by atoms with van der Waals surface area (Å²) in [6, 6.07) is 9.51. The van der Waals surface area contributed by atoms with Crippen LogP contribution in [0.25, 0.3) is 0 Å². The Morgan fingerprint density at radius 3 is 2.19 bits per heavy atom. The topological polar surface area (TPSA) is 50.8 Å². The Hall–Kier alpha value is -2.00. The van der Waals surface area contributed by atoms with Gasteiger partial charge in [0.15, 0.2) is 0 Å². The lowest BCUT2D eigenvalue weighted by atomic mass is 10.1. The van der Waals surface area contributed by atoms with Gasteiger partial charge < -0.3 is 4.90 Å².